The van der Waals surface area contributed by atoms with Crippen LogP contribution in [-0.2, 0) is 14.8 Å². The second-order valence-electron chi connectivity index (χ2n) is 7.27. The van der Waals surface area contributed by atoms with Gasteiger partial charge in [0.25, 0.3) is 10.0 Å². The Labute approximate surface area is 197 Å². The van der Waals surface area contributed by atoms with Crippen molar-refractivity contribution >= 4 is 21.9 Å². The molecule has 0 aliphatic heterocycles. The van der Waals surface area contributed by atoms with E-state index < -0.39 is 16.0 Å². The van der Waals surface area contributed by atoms with E-state index in [1.165, 1.54) is 19.2 Å². The van der Waals surface area contributed by atoms with E-state index in [1.807, 2.05) is 13.0 Å². The van der Waals surface area contributed by atoms with E-state index in [9.17, 15) is 13.2 Å². The number of carbonyl (C=O) groups excluding carboxylic acids is 1. The Bertz CT molecular complexity index is 1430. The van der Waals surface area contributed by atoms with Crippen molar-refractivity contribution in [3.8, 4) is 22.9 Å². The van der Waals surface area contributed by atoms with Gasteiger partial charge in [-0.3, -0.25) is 0 Å². The smallest absolute Gasteiger partial charge is 0.337 e. The van der Waals surface area contributed by atoms with Gasteiger partial charge in [0.2, 0.25) is 11.8 Å². The molecule has 1 heterocycles. The predicted molar refractivity (Wildman–Crippen MR) is 127 cm³/mol. The number of para-hydroxylation sites is 1. The van der Waals surface area contributed by atoms with Gasteiger partial charge in [0.15, 0.2) is 0 Å². The summed E-state index contributed by atoms with van der Waals surface area (Å²) < 4.78 is 38.9. The third-order valence-corrected chi connectivity index (χ3v) is 6.23. The van der Waals surface area contributed by atoms with E-state index in [2.05, 4.69) is 14.7 Å². The molecule has 8 nitrogen and oxygen atoms in total. The number of ether oxygens (including phenoxy) is 2. The lowest BCUT2D eigenvalue weighted by atomic mass is 10.0. The van der Waals surface area contributed by atoms with Gasteiger partial charge < -0.3 is 9.47 Å². The zero-order valence-electron chi connectivity index (χ0n) is 18.4. The topological polar surface area (TPSA) is 107 Å². The molecule has 3 aromatic carbocycles. The summed E-state index contributed by atoms with van der Waals surface area (Å²) in [6.07, 6.45) is 0. The highest BCUT2D eigenvalue weighted by Gasteiger charge is 2.19. The van der Waals surface area contributed by atoms with Gasteiger partial charge in [0.05, 0.1) is 23.3 Å². The maximum atomic E-state index is 12.9. The maximum Gasteiger partial charge on any atom is 0.337 e. The third-order valence-electron chi connectivity index (χ3n) is 4.88. The van der Waals surface area contributed by atoms with Gasteiger partial charge in [0.1, 0.15) is 5.75 Å². The zero-order chi connectivity index (χ0) is 24.1. The first-order chi connectivity index (χ1) is 16.4. The molecule has 0 spiro atoms. The number of hydrogen-bond donors (Lipinski definition) is 1. The van der Waals surface area contributed by atoms with Crippen LogP contribution < -0.4 is 9.46 Å². The van der Waals surface area contributed by atoms with Gasteiger partial charge in [-0.1, -0.05) is 42.5 Å². The molecule has 34 heavy (non-hydrogen) atoms. The number of aryl methyl sites for hydroxylation is 1. The molecule has 0 aliphatic rings. The average Bonchev–Trinajstić information content (AvgIpc) is 2.84. The molecule has 9 heteroatoms. The van der Waals surface area contributed by atoms with Gasteiger partial charge in [-0.15, -0.1) is 0 Å². The van der Waals surface area contributed by atoms with E-state index >= 15 is 0 Å². The van der Waals surface area contributed by atoms with Gasteiger partial charge in [-0.25, -0.2) is 22.9 Å². The number of esters is 1. The van der Waals surface area contributed by atoms with E-state index in [-0.39, 0.29) is 16.7 Å². The van der Waals surface area contributed by atoms with E-state index in [0.717, 1.165) is 5.56 Å². The van der Waals surface area contributed by atoms with E-state index in [0.29, 0.717) is 22.6 Å². The van der Waals surface area contributed by atoms with Crippen LogP contribution in [0.25, 0.3) is 11.3 Å². The molecule has 0 aliphatic carbocycles. The van der Waals surface area contributed by atoms with Gasteiger partial charge >= 0.3 is 5.97 Å². The van der Waals surface area contributed by atoms with Crippen LogP contribution in [0.3, 0.4) is 0 Å². The van der Waals surface area contributed by atoms with Gasteiger partial charge in [-0.2, -0.15) is 4.98 Å². The Hall–Kier alpha value is -4.24. The normalized spacial score (nSPS) is 11.0. The van der Waals surface area contributed by atoms with Gasteiger partial charge in [0, 0.05) is 11.6 Å². The number of hydrogen-bond acceptors (Lipinski definition) is 7. The summed E-state index contributed by atoms with van der Waals surface area (Å²) in [6, 6.07) is 23.5. The van der Waals surface area contributed by atoms with Crippen molar-refractivity contribution in [1.82, 2.24) is 9.97 Å². The number of sulfonamides is 1. The number of nitrogens with zero attached hydrogens (tertiary/aromatic N) is 2. The second-order valence-corrected chi connectivity index (χ2v) is 8.95. The summed E-state index contributed by atoms with van der Waals surface area (Å²) >= 11 is 0. The molecule has 1 aromatic heterocycles. The van der Waals surface area contributed by atoms with Crippen molar-refractivity contribution in [1.29, 1.82) is 0 Å². The van der Waals surface area contributed by atoms with Crippen molar-refractivity contribution in [3.63, 3.8) is 0 Å². The average molecular weight is 476 g/mol. The van der Waals surface area contributed by atoms with Crippen LogP contribution in [0.2, 0.25) is 0 Å². The summed E-state index contributed by atoms with van der Waals surface area (Å²) in [7, 11) is -2.64. The maximum absolute atomic E-state index is 12.9. The van der Waals surface area contributed by atoms with Gasteiger partial charge in [-0.05, 0) is 48.9 Å². The lowest BCUT2D eigenvalue weighted by Gasteiger charge is -2.13. The molecular formula is C25H21N3O5S. The van der Waals surface area contributed by atoms with Crippen molar-refractivity contribution in [3.05, 3.63) is 96.1 Å². The first-order valence-electron chi connectivity index (χ1n) is 10.2. The predicted octanol–water partition coefficient (Wildman–Crippen LogP) is 4.83. The molecule has 0 bridgehead atoms. The lowest BCUT2D eigenvalue weighted by Crippen LogP contribution is -2.15. The van der Waals surface area contributed by atoms with Crippen LogP contribution >= 0.6 is 0 Å². The largest absolute Gasteiger partial charge is 0.465 e. The van der Waals surface area contributed by atoms with Crippen LogP contribution in [0.15, 0.2) is 89.8 Å². The van der Waals surface area contributed by atoms with Crippen molar-refractivity contribution < 1.29 is 22.7 Å². The number of aromatic nitrogens is 2. The Balaban J connectivity index is 1.80. The molecule has 0 radical (unpaired) electrons. The van der Waals surface area contributed by atoms with Crippen LogP contribution in [0, 0.1) is 6.92 Å². The molecule has 0 saturated heterocycles. The number of methoxy groups -OCH3 is 1. The number of nitrogens with one attached hydrogen (secondary N) is 1. The molecule has 1 N–H and O–H groups in total. The summed E-state index contributed by atoms with van der Waals surface area (Å²) in [5.74, 6) is -0.0230. The Morgan fingerprint density at radius 2 is 1.56 bits per heavy atom. The van der Waals surface area contributed by atoms with Crippen molar-refractivity contribution in [2.24, 2.45) is 0 Å². The Morgan fingerprint density at radius 3 is 2.24 bits per heavy atom. The molecule has 0 atom stereocenters. The fourth-order valence-corrected chi connectivity index (χ4v) is 4.16. The highest BCUT2D eigenvalue weighted by atomic mass is 32.2. The highest BCUT2D eigenvalue weighted by Crippen LogP contribution is 2.29. The highest BCUT2D eigenvalue weighted by molar-refractivity contribution is 7.92. The standard InChI is InChI=1S/C25H21N3O5S/c1-17-13-14-18(24(29)32-2)15-21(17)22-16-23(33-19-9-5-3-6-10-19)27-25(26-22)28-34(30,31)20-11-7-4-8-12-20/h3-16H,1-2H3,(H,26,27,28). The van der Waals surface area contributed by atoms with Crippen molar-refractivity contribution in [2.45, 2.75) is 11.8 Å². The lowest BCUT2D eigenvalue weighted by molar-refractivity contribution is 0.0600. The fourth-order valence-electron chi connectivity index (χ4n) is 3.19. The second kappa shape index (κ2) is 9.72. The SMILES string of the molecule is COC(=O)c1ccc(C)c(-c2cc(Oc3ccccc3)nc(NS(=O)(=O)c3ccccc3)n2)c1. The van der Waals surface area contributed by atoms with Crippen LogP contribution in [0.1, 0.15) is 15.9 Å². The number of anilines is 1. The van der Waals surface area contributed by atoms with Crippen LogP contribution in [-0.4, -0.2) is 31.5 Å². The molecule has 0 fully saturated rings. The number of benzene rings is 3. The molecular weight excluding hydrogens is 454 g/mol. The number of rotatable bonds is 7. The van der Waals surface area contributed by atoms with E-state index in [1.54, 1.807) is 66.7 Å². The number of carbonyl (C=O) groups is 1. The van der Waals surface area contributed by atoms with Crippen molar-refractivity contribution in [2.75, 3.05) is 11.8 Å². The first-order valence-corrected chi connectivity index (χ1v) is 11.7. The molecule has 0 saturated carbocycles. The molecule has 0 unspecified atom stereocenters. The summed E-state index contributed by atoms with van der Waals surface area (Å²) in [4.78, 5) is 20.8. The first kappa shape index (κ1) is 22.9. The molecule has 4 rings (SSSR count). The quantitative estimate of drug-likeness (QED) is 0.381. The Morgan fingerprint density at radius 1 is 0.882 bits per heavy atom. The van der Waals surface area contributed by atoms with E-state index in [4.69, 9.17) is 9.47 Å². The molecule has 172 valence electrons. The summed E-state index contributed by atoms with van der Waals surface area (Å²) in [5.41, 5.74) is 2.12. The minimum Gasteiger partial charge on any atom is -0.465 e. The fraction of sp³-hybridized carbons (Fsp3) is 0.0800. The minimum absolute atomic E-state index is 0.0680. The van der Waals surface area contributed by atoms with Crippen LogP contribution in [0.5, 0.6) is 11.6 Å². The monoisotopic (exact) mass is 475 g/mol. The minimum atomic E-state index is -3.94. The molecule has 0 amide bonds. The Kier molecular flexibility index (Phi) is 6.55. The molecule has 4 aromatic rings. The summed E-state index contributed by atoms with van der Waals surface area (Å²) in [6.45, 7) is 1.85. The van der Waals surface area contributed by atoms with Crippen LogP contribution in [0.4, 0.5) is 5.95 Å². The summed E-state index contributed by atoms with van der Waals surface area (Å²) in [5, 5.41) is 0. The third kappa shape index (κ3) is 5.21. The zero-order valence-corrected chi connectivity index (χ0v) is 19.2.